The summed E-state index contributed by atoms with van der Waals surface area (Å²) in [5.41, 5.74) is 1.10. The second-order valence-electron chi connectivity index (χ2n) is 5.79. The second-order valence-corrected chi connectivity index (χ2v) is 7.81. The molecule has 0 atom stereocenters. The molecule has 4 nitrogen and oxygen atoms in total. The van der Waals surface area contributed by atoms with Crippen LogP contribution in [0.25, 0.3) is 0 Å². The number of rotatable bonds is 4. The highest BCUT2D eigenvalue weighted by Crippen LogP contribution is 2.31. The Hall–Kier alpha value is -1.40. The van der Waals surface area contributed by atoms with Crippen LogP contribution in [0.1, 0.15) is 30.5 Å². The third-order valence-electron chi connectivity index (χ3n) is 3.02. The van der Waals surface area contributed by atoms with Crippen molar-refractivity contribution in [1.82, 2.24) is 0 Å². The molecular formula is C15H17BrN2O2S. The average Bonchev–Trinajstić information content (AvgIpc) is 2.85. The first kappa shape index (κ1) is 16.0. The van der Waals surface area contributed by atoms with Gasteiger partial charge >= 0.3 is 0 Å². The molecule has 1 heterocycles. The van der Waals surface area contributed by atoms with Crippen LogP contribution < -0.4 is 5.32 Å². The van der Waals surface area contributed by atoms with Gasteiger partial charge in [-0.3, -0.25) is 10.1 Å². The first-order chi connectivity index (χ1) is 9.77. The third kappa shape index (κ3) is 4.04. The van der Waals surface area contributed by atoms with Crippen LogP contribution in [0.5, 0.6) is 0 Å². The maximum atomic E-state index is 10.7. The van der Waals surface area contributed by atoms with E-state index in [-0.39, 0.29) is 11.1 Å². The Labute approximate surface area is 136 Å². The summed E-state index contributed by atoms with van der Waals surface area (Å²) >= 11 is 5.15. The molecule has 2 aromatic rings. The molecule has 0 fully saturated rings. The van der Waals surface area contributed by atoms with E-state index in [2.05, 4.69) is 54.2 Å². The number of nitro benzene ring substituents is 1. The van der Waals surface area contributed by atoms with Gasteiger partial charge in [0.15, 0.2) is 0 Å². The molecule has 0 aliphatic rings. The molecule has 21 heavy (non-hydrogen) atoms. The largest absolute Gasteiger partial charge is 0.379 e. The summed E-state index contributed by atoms with van der Waals surface area (Å²) in [4.78, 5) is 12.9. The van der Waals surface area contributed by atoms with Crippen molar-refractivity contribution in [2.24, 2.45) is 0 Å². The van der Waals surface area contributed by atoms with Gasteiger partial charge in [-0.05, 0) is 39.5 Å². The molecule has 6 heteroatoms. The monoisotopic (exact) mass is 368 g/mol. The number of thiophene rings is 1. The summed E-state index contributed by atoms with van der Waals surface area (Å²) in [6, 6.07) is 9.02. The number of nitrogens with zero attached hydrogens (tertiary/aromatic N) is 1. The molecule has 112 valence electrons. The maximum Gasteiger partial charge on any atom is 0.270 e. The standard InChI is InChI=1S/C15H17BrN2O2S/c1-15(2,3)14-7-5-11(21-14)9-17-13-6-4-10(18(19)20)8-12(13)16/h4-8,17H,9H2,1-3H3. The zero-order chi connectivity index (χ0) is 15.6. The van der Waals surface area contributed by atoms with Gasteiger partial charge in [0.2, 0.25) is 0 Å². The maximum absolute atomic E-state index is 10.7. The van der Waals surface area contributed by atoms with Crippen molar-refractivity contribution in [3.63, 3.8) is 0 Å². The van der Waals surface area contributed by atoms with Crippen molar-refractivity contribution in [3.8, 4) is 0 Å². The summed E-state index contributed by atoms with van der Waals surface area (Å²) in [6.07, 6.45) is 0. The van der Waals surface area contributed by atoms with Crippen molar-refractivity contribution >= 4 is 38.6 Å². The number of benzene rings is 1. The first-order valence-corrected chi connectivity index (χ1v) is 8.15. The summed E-state index contributed by atoms with van der Waals surface area (Å²) < 4.78 is 0.698. The van der Waals surface area contributed by atoms with Gasteiger partial charge in [0.05, 0.1) is 4.92 Å². The molecule has 0 amide bonds. The minimum atomic E-state index is -0.399. The molecule has 0 bridgehead atoms. The summed E-state index contributed by atoms with van der Waals surface area (Å²) in [7, 11) is 0. The molecule has 0 saturated carbocycles. The Morgan fingerprint density at radius 2 is 2.00 bits per heavy atom. The lowest BCUT2D eigenvalue weighted by Gasteiger charge is -2.15. The zero-order valence-electron chi connectivity index (χ0n) is 12.1. The van der Waals surface area contributed by atoms with Crippen molar-refractivity contribution < 1.29 is 4.92 Å². The number of nitro groups is 1. The number of hydrogen-bond acceptors (Lipinski definition) is 4. The van der Waals surface area contributed by atoms with Crippen molar-refractivity contribution in [3.05, 3.63) is 54.7 Å². The number of halogens is 1. The Bertz CT molecular complexity index is 662. The highest BCUT2D eigenvalue weighted by atomic mass is 79.9. The van der Waals surface area contributed by atoms with Gasteiger partial charge in [-0.15, -0.1) is 11.3 Å². The Balaban J connectivity index is 2.06. The Kier molecular flexibility index (Phi) is 4.68. The molecule has 0 radical (unpaired) electrons. The van der Waals surface area contributed by atoms with E-state index in [0.29, 0.717) is 11.0 Å². The second kappa shape index (κ2) is 6.15. The Morgan fingerprint density at radius 3 is 2.52 bits per heavy atom. The van der Waals surface area contributed by atoms with Gasteiger partial charge in [-0.25, -0.2) is 0 Å². The van der Waals surface area contributed by atoms with Crippen molar-refractivity contribution in [2.45, 2.75) is 32.7 Å². The molecular weight excluding hydrogens is 352 g/mol. The number of nitrogens with one attached hydrogen (secondary N) is 1. The lowest BCUT2D eigenvalue weighted by Crippen LogP contribution is -2.07. The SMILES string of the molecule is CC(C)(C)c1ccc(CNc2ccc([N+](=O)[O-])cc2Br)s1. The van der Waals surface area contributed by atoms with Crippen LogP contribution >= 0.6 is 27.3 Å². The van der Waals surface area contributed by atoms with Crippen LogP contribution in [-0.2, 0) is 12.0 Å². The van der Waals surface area contributed by atoms with Crippen LogP contribution in [0.2, 0.25) is 0 Å². The topological polar surface area (TPSA) is 55.2 Å². The lowest BCUT2D eigenvalue weighted by atomic mass is 9.95. The highest BCUT2D eigenvalue weighted by molar-refractivity contribution is 9.10. The van der Waals surface area contributed by atoms with E-state index < -0.39 is 4.92 Å². The molecule has 0 unspecified atom stereocenters. The fourth-order valence-corrected chi connectivity index (χ4v) is 3.33. The summed E-state index contributed by atoms with van der Waals surface area (Å²) in [6.45, 7) is 7.30. The van der Waals surface area contributed by atoms with Gasteiger partial charge in [0.1, 0.15) is 0 Å². The van der Waals surface area contributed by atoms with Crippen molar-refractivity contribution in [2.75, 3.05) is 5.32 Å². The van der Waals surface area contributed by atoms with Gasteiger partial charge in [0, 0.05) is 38.6 Å². The molecule has 0 aliphatic carbocycles. The molecule has 0 aliphatic heterocycles. The van der Waals surface area contributed by atoms with Gasteiger partial charge in [-0.1, -0.05) is 20.8 Å². The van der Waals surface area contributed by atoms with E-state index >= 15 is 0 Å². The average molecular weight is 369 g/mol. The van der Waals surface area contributed by atoms with Crippen LogP contribution in [0.4, 0.5) is 11.4 Å². The first-order valence-electron chi connectivity index (χ1n) is 6.54. The Morgan fingerprint density at radius 1 is 1.29 bits per heavy atom. The fourth-order valence-electron chi connectivity index (χ4n) is 1.82. The van der Waals surface area contributed by atoms with E-state index in [1.54, 1.807) is 17.4 Å². The third-order valence-corrected chi connectivity index (χ3v) is 5.18. The number of hydrogen-bond donors (Lipinski definition) is 1. The van der Waals surface area contributed by atoms with Crippen LogP contribution in [0.3, 0.4) is 0 Å². The van der Waals surface area contributed by atoms with Crippen LogP contribution in [0, 0.1) is 10.1 Å². The molecule has 0 spiro atoms. The molecule has 2 rings (SSSR count). The summed E-state index contributed by atoms with van der Waals surface area (Å²) in [5, 5.41) is 14.0. The molecule has 1 aromatic carbocycles. The number of anilines is 1. The predicted molar refractivity (Wildman–Crippen MR) is 91.1 cm³/mol. The van der Waals surface area contributed by atoms with Gasteiger partial charge in [0.25, 0.3) is 5.69 Å². The van der Waals surface area contributed by atoms with Crippen molar-refractivity contribution in [1.29, 1.82) is 0 Å². The van der Waals surface area contributed by atoms with E-state index in [9.17, 15) is 10.1 Å². The fraction of sp³-hybridized carbons (Fsp3) is 0.333. The van der Waals surface area contributed by atoms with E-state index in [1.165, 1.54) is 21.9 Å². The minimum Gasteiger partial charge on any atom is -0.379 e. The number of non-ortho nitro benzene ring substituents is 1. The minimum absolute atomic E-state index is 0.0820. The normalized spacial score (nSPS) is 11.4. The van der Waals surface area contributed by atoms with Gasteiger partial charge in [-0.2, -0.15) is 0 Å². The molecule has 1 N–H and O–H groups in total. The summed E-state index contributed by atoms with van der Waals surface area (Å²) in [5.74, 6) is 0. The zero-order valence-corrected chi connectivity index (χ0v) is 14.5. The highest BCUT2D eigenvalue weighted by Gasteiger charge is 2.16. The lowest BCUT2D eigenvalue weighted by molar-refractivity contribution is -0.384. The molecule has 1 aromatic heterocycles. The van der Waals surface area contributed by atoms with Gasteiger partial charge < -0.3 is 5.32 Å². The smallest absolute Gasteiger partial charge is 0.270 e. The van der Waals surface area contributed by atoms with E-state index in [1.807, 2.05) is 0 Å². The van der Waals surface area contributed by atoms with Crippen LogP contribution in [0.15, 0.2) is 34.8 Å². The quantitative estimate of drug-likeness (QED) is 0.586. The van der Waals surface area contributed by atoms with Crippen LogP contribution in [-0.4, -0.2) is 4.92 Å². The van der Waals surface area contributed by atoms with E-state index in [0.717, 1.165) is 5.69 Å². The molecule has 0 saturated heterocycles. The predicted octanol–water partition coefficient (Wildman–Crippen LogP) is 5.33. The van der Waals surface area contributed by atoms with E-state index in [4.69, 9.17) is 0 Å².